The van der Waals surface area contributed by atoms with Crippen molar-refractivity contribution in [2.45, 2.75) is 63.4 Å². The number of aliphatic hydroxyl groups is 3. The molecule has 3 N–H and O–H groups in total. The van der Waals surface area contributed by atoms with E-state index in [9.17, 15) is 15.3 Å². The zero-order chi connectivity index (χ0) is 14.8. The van der Waals surface area contributed by atoms with E-state index in [0.29, 0.717) is 6.61 Å². The molecule has 5 heteroatoms. The zero-order valence-electron chi connectivity index (χ0n) is 12.3. The van der Waals surface area contributed by atoms with Crippen LogP contribution >= 0.6 is 0 Å². The number of allylic oxidation sites excluding steroid dienone is 2. The summed E-state index contributed by atoms with van der Waals surface area (Å²) in [7, 11) is 0. The van der Waals surface area contributed by atoms with E-state index in [0.717, 1.165) is 19.3 Å². The second-order valence-electron chi connectivity index (χ2n) is 5.27. The van der Waals surface area contributed by atoms with Gasteiger partial charge in [-0.1, -0.05) is 25.0 Å². The molecule has 0 bridgehead atoms. The molecule has 0 amide bonds. The first-order chi connectivity index (χ1) is 9.66. The Balaban J connectivity index is 1.96. The largest absolute Gasteiger partial charge is 0.388 e. The Morgan fingerprint density at radius 1 is 1.25 bits per heavy atom. The van der Waals surface area contributed by atoms with Crippen LogP contribution in [0.5, 0.6) is 0 Å². The summed E-state index contributed by atoms with van der Waals surface area (Å²) in [6, 6.07) is 0. The number of rotatable bonds is 10. The fourth-order valence-electron chi connectivity index (χ4n) is 2.25. The Labute approximate surface area is 121 Å². The number of aliphatic hydroxyl groups excluding tert-OH is 3. The van der Waals surface area contributed by atoms with Gasteiger partial charge in [0.15, 0.2) is 0 Å². The Morgan fingerprint density at radius 2 is 2.00 bits per heavy atom. The summed E-state index contributed by atoms with van der Waals surface area (Å²) in [6.45, 7) is 2.83. The van der Waals surface area contributed by atoms with E-state index < -0.39 is 24.4 Å². The third kappa shape index (κ3) is 6.33. The van der Waals surface area contributed by atoms with Gasteiger partial charge in [0.1, 0.15) is 24.4 Å². The van der Waals surface area contributed by atoms with Gasteiger partial charge in [0, 0.05) is 6.61 Å². The summed E-state index contributed by atoms with van der Waals surface area (Å²) in [5, 5.41) is 28.7. The zero-order valence-corrected chi connectivity index (χ0v) is 12.3. The lowest BCUT2D eigenvalue weighted by Gasteiger charge is -2.20. The summed E-state index contributed by atoms with van der Waals surface area (Å²) in [6.07, 6.45) is 6.29. The van der Waals surface area contributed by atoms with Crippen LogP contribution in [0.15, 0.2) is 12.2 Å². The van der Waals surface area contributed by atoms with Crippen molar-refractivity contribution in [3.63, 3.8) is 0 Å². The molecule has 4 atom stereocenters. The lowest BCUT2D eigenvalue weighted by Crippen LogP contribution is -2.40. The van der Waals surface area contributed by atoms with Crippen LogP contribution in [0.1, 0.15) is 39.0 Å². The van der Waals surface area contributed by atoms with Crippen molar-refractivity contribution < 1.29 is 24.8 Å². The van der Waals surface area contributed by atoms with Crippen LogP contribution in [0, 0.1) is 0 Å². The monoisotopic (exact) mass is 288 g/mol. The molecule has 1 rings (SSSR count). The minimum absolute atomic E-state index is 0.0646. The Morgan fingerprint density at radius 3 is 2.65 bits per heavy atom. The minimum Gasteiger partial charge on any atom is -0.388 e. The van der Waals surface area contributed by atoms with Crippen molar-refractivity contribution in [1.29, 1.82) is 0 Å². The molecule has 1 aliphatic heterocycles. The van der Waals surface area contributed by atoms with Crippen LogP contribution in [0.2, 0.25) is 0 Å². The van der Waals surface area contributed by atoms with E-state index in [2.05, 4.69) is 12.2 Å². The second kappa shape index (κ2) is 10.3. The third-order valence-electron chi connectivity index (χ3n) is 3.50. The van der Waals surface area contributed by atoms with Gasteiger partial charge in [-0.15, -0.1) is 0 Å². The maximum absolute atomic E-state index is 9.81. The predicted molar refractivity (Wildman–Crippen MR) is 76.5 cm³/mol. The molecule has 0 aromatic rings. The topological polar surface area (TPSA) is 79.2 Å². The minimum atomic E-state index is -1.03. The molecule has 0 aromatic carbocycles. The van der Waals surface area contributed by atoms with E-state index in [-0.39, 0.29) is 13.2 Å². The fraction of sp³-hybridized carbons (Fsp3) is 0.867. The molecule has 0 radical (unpaired) electrons. The fourth-order valence-corrected chi connectivity index (χ4v) is 2.25. The van der Waals surface area contributed by atoms with E-state index in [1.165, 1.54) is 12.8 Å². The molecular formula is C15H28O5. The van der Waals surface area contributed by atoms with Crippen LogP contribution in [0.4, 0.5) is 0 Å². The molecule has 0 aliphatic carbocycles. The Bertz CT molecular complexity index is 269. The molecule has 5 nitrogen and oxygen atoms in total. The van der Waals surface area contributed by atoms with Gasteiger partial charge in [-0.3, -0.25) is 0 Å². The number of ether oxygens (including phenoxy) is 2. The highest BCUT2D eigenvalue weighted by Gasteiger charge is 2.39. The van der Waals surface area contributed by atoms with Crippen LogP contribution < -0.4 is 0 Å². The lowest BCUT2D eigenvalue weighted by molar-refractivity contribution is -0.0813. The maximum Gasteiger partial charge on any atom is 0.114 e. The van der Waals surface area contributed by atoms with Gasteiger partial charge in [0.25, 0.3) is 0 Å². The average molecular weight is 288 g/mol. The normalized spacial score (nSPS) is 28.3. The highest BCUT2D eigenvalue weighted by atomic mass is 16.5. The maximum atomic E-state index is 9.81. The third-order valence-corrected chi connectivity index (χ3v) is 3.50. The van der Waals surface area contributed by atoms with Crippen molar-refractivity contribution >= 4 is 0 Å². The standard InChI is InChI=1S/C15H28O5/c1-2-3-4-5-6-7-8-9-19-10-13(17)15-14(18)12(16)11-20-15/h2-3,12-18H,4-11H2,1H3/b3-2+/t12-,13+,14+,15+/m1/s1. The number of unbranched alkanes of at least 4 members (excludes halogenated alkanes) is 4. The SMILES string of the molecule is C/C=C/CCCCCCOC[C@H](O)[C@@H]1OC[C@@H](O)[C@@H]1O. The summed E-state index contributed by atoms with van der Waals surface area (Å²) < 4.78 is 10.5. The smallest absolute Gasteiger partial charge is 0.114 e. The van der Waals surface area contributed by atoms with Crippen molar-refractivity contribution in [2.75, 3.05) is 19.8 Å². The molecule has 0 spiro atoms. The van der Waals surface area contributed by atoms with E-state index in [4.69, 9.17) is 9.47 Å². The molecule has 0 aromatic heterocycles. The molecule has 1 heterocycles. The van der Waals surface area contributed by atoms with Crippen LogP contribution in [0.25, 0.3) is 0 Å². The summed E-state index contributed by atoms with van der Waals surface area (Å²) in [5.74, 6) is 0. The molecule has 20 heavy (non-hydrogen) atoms. The van der Waals surface area contributed by atoms with E-state index in [1.807, 2.05) is 6.92 Å². The van der Waals surface area contributed by atoms with Gasteiger partial charge in [0.05, 0.1) is 13.2 Å². The first-order valence-electron chi connectivity index (χ1n) is 7.51. The summed E-state index contributed by atoms with van der Waals surface area (Å²) in [5.41, 5.74) is 0. The summed E-state index contributed by atoms with van der Waals surface area (Å²) >= 11 is 0. The van der Waals surface area contributed by atoms with Crippen LogP contribution in [-0.4, -0.2) is 59.6 Å². The molecule has 1 saturated heterocycles. The van der Waals surface area contributed by atoms with Crippen molar-refractivity contribution in [1.82, 2.24) is 0 Å². The van der Waals surface area contributed by atoms with Gasteiger partial charge < -0.3 is 24.8 Å². The molecule has 118 valence electrons. The Hall–Kier alpha value is -0.460. The first kappa shape index (κ1) is 17.6. The van der Waals surface area contributed by atoms with E-state index >= 15 is 0 Å². The van der Waals surface area contributed by atoms with Crippen LogP contribution in [0.3, 0.4) is 0 Å². The Kier molecular flexibility index (Phi) is 9.05. The van der Waals surface area contributed by atoms with Crippen LogP contribution in [-0.2, 0) is 9.47 Å². The van der Waals surface area contributed by atoms with Crippen molar-refractivity contribution in [3.05, 3.63) is 12.2 Å². The van der Waals surface area contributed by atoms with Gasteiger partial charge in [0.2, 0.25) is 0 Å². The molecule has 0 unspecified atom stereocenters. The quantitative estimate of drug-likeness (QED) is 0.413. The first-order valence-corrected chi connectivity index (χ1v) is 7.51. The summed E-state index contributed by atoms with van der Waals surface area (Å²) in [4.78, 5) is 0. The predicted octanol–water partition coefficient (Wildman–Crippen LogP) is 1.01. The molecule has 1 fully saturated rings. The second-order valence-corrected chi connectivity index (χ2v) is 5.27. The van der Waals surface area contributed by atoms with Gasteiger partial charge in [-0.2, -0.15) is 0 Å². The number of hydrogen-bond acceptors (Lipinski definition) is 5. The lowest BCUT2D eigenvalue weighted by atomic mass is 10.1. The van der Waals surface area contributed by atoms with Gasteiger partial charge in [-0.05, 0) is 26.2 Å². The highest BCUT2D eigenvalue weighted by Crippen LogP contribution is 2.17. The average Bonchev–Trinajstić information content (AvgIpc) is 2.77. The highest BCUT2D eigenvalue weighted by molar-refractivity contribution is 4.87. The molecule has 0 saturated carbocycles. The van der Waals surface area contributed by atoms with Gasteiger partial charge in [-0.25, -0.2) is 0 Å². The van der Waals surface area contributed by atoms with Gasteiger partial charge >= 0.3 is 0 Å². The molecule has 1 aliphatic rings. The molecular weight excluding hydrogens is 260 g/mol. The van der Waals surface area contributed by atoms with Crippen molar-refractivity contribution in [2.24, 2.45) is 0 Å². The van der Waals surface area contributed by atoms with E-state index in [1.54, 1.807) is 0 Å². The number of hydrogen-bond donors (Lipinski definition) is 3. The van der Waals surface area contributed by atoms with Crippen molar-refractivity contribution in [3.8, 4) is 0 Å².